The molecule has 0 aliphatic carbocycles. The van der Waals surface area contributed by atoms with E-state index in [1.165, 1.54) is 0 Å². The number of benzene rings is 1. The van der Waals surface area contributed by atoms with Crippen molar-refractivity contribution in [1.82, 2.24) is 4.90 Å². The Morgan fingerprint density at radius 3 is 3.00 bits per heavy atom. The second kappa shape index (κ2) is 7.18. The Hall–Kier alpha value is -1.94. The van der Waals surface area contributed by atoms with Crippen molar-refractivity contribution in [3.8, 4) is 6.07 Å². The van der Waals surface area contributed by atoms with Crippen LogP contribution >= 0.6 is 0 Å². The molecule has 1 saturated heterocycles. The lowest BCUT2D eigenvalue weighted by Crippen LogP contribution is -2.50. The molecule has 2 atom stereocenters. The third-order valence-electron chi connectivity index (χ3n) is 3.29. The number of anilines is 1. The number of carbonyl (C=O) groups excluding carboxylic acids is 1. The van der Waals surface area contributed by atoms with Gasteiger partial charge in [-0.15, -0.1) is 0 Å². The molecule has 6 heteroatoms. The minimum Gasteiger partial charge on any atom is -0.394 e. The van der Waals surface area contributed by atoms with Crippen molar-refractivity contribution in [3.05, 3.63) is 29.8 Å². The van der Waals surface area contributed by atoms with E-state index in [-0.39, 0.29) is 31.3 Å². The van der Waals surface area contributed by atoms with Gasteiger partial charge in [-0.25, -0.2) is 0 Å². The van der Waals surface area contributed by atoms with Gasteiger partial charge in [-0.3, -0.25) is 9.69 Å². The first kappa shape index (κ1) is 15.4. The molecule has 1 aromatic rings. The van der Waals surface area contributed by atoms with Crippen molar-refractivity contribution in [2.45, 2.75) is 19.1 Å². The lowest BCUT2D eigenvalue weighted by Gasteiger charge is -2.35. The van der Waals surface area contributed by atoms with E-state index in [2.05, 4.69) is 5.32 Å². The number of aliphatic hydroxyl groups is 1. The minimum atomic E-state index is -0.257. The lowest BCUT2D eigenvalue weighted by molar-refractivity contribution is -0.124. The van der Waals surface area contributed by atoms with Crippen LogP contribution in [0.15, 0.2) is 24.3 Å². The first-order chi connectivity index (χ1) is 10.1. The molecular weight excluding hydrogens is 270 g/mol. The number of morpholine rings is 1. The van der Waals surface area contributed by atoms with E-state index in [1.807, 2.05) is 17.9 Å². The molecule has 0 spiro atoms. The molecule has 0 radical (unpaired) electrons. The van der Waals surface area contributed by atoms with Crippen LogP contribution in [0.25, 0.3) is 0 Å². The van der Waals surface area contributed by atoms with E-state index >= 15 is 0 Å². The van der Waals surface area contributed by atoms with E-state index < -0.39 is 0 Å². The van der Waals surface area contributed by atoms with Crippen molar-refractivity contribution >= 4 is 11.6 Å². The van der Waals surface area contributed by atoms with Gasteiger partial charge in [0.2, 0.25) is 5.91 Å². The topological polar surface area (TPSA) is 85.6 Å². The van der Waals surface area contributed by atoms with Gasteiger partial charge in [-0.1, -0.05) is 12.1 Å². The number of hydrogen-bond acceptors (Lipinski definition) is 5. The maximum atomic E-state index is 12.1. The van der Waals surface area contributed by atoms with Crippen LogP contribution in [-0.2, 0) is 9.53 Å². The van der Waals surface area contributed by atoms with Crippen molar-refractivity contribution in [3.63, 3.8) is 0 Å². The van der Waals surface area contributed by atoms with Crippen LogP contribution in [0.5, 0.6) is 0 Å². The fourth-order valence-corrected chi connectivity index (χ4v) is 2.45. The SMILES string of the molecule is CC1CN(CC(=O)Nc2ccccc2C#N)CC(CO)O1. The number of aliphatic hydroxyl groups excluding tert-OH is 1. The molecular formula is C15H19N3O3. The summed E-state index contributed by atoms with van der Waals surface area (Å²) in [6.45, 7) is 3.24. The van der Waals surface area contributed by atoms with Gasteiger partial charge in [-0.05, 0) is 19.1 Å². The number of hydrogen-bond donors (Lipinski definition) is 2. The molecule has 1 aliphatic heterocycles. The molecule has 112 valence electrons. The Labute approximate surface area is 123 Å². The summed E-state index contributed by atoms with van der Waals surface area (Å²) in [7, 11) is 0. The van der Waals surface area contributed by atoms with Gasteiger partial charge in [0.05, 0.1) is 36.6 Å². The monoisotopic (exact) mass is 289 g/mol. The maximum absolute atomic E-state index is 12.1. The molecule has 0 aromatic heterocycles. The number of nitrogens with zero attached hydrogens (tertiary/aromatic N) is 2. The van der Waals surface area contributed by atoms with E-state index in [9.17, 15) is 9.90 Å². The predicted molar refractivity (Wildman–Crippen MR) is 77.6 cm³/mol. The number of para-hydroxylation sites is 1. The molecule has 0 saturated carbocycles. The zero-order chi connectivity index (χ0) is 15.2. The molecule has 2 unspecified atom stereocenters. The highest BCUT2D eigenvalue weighted by Crippen LogP contribution is 2.14. The highest BCUT2D eigenvalue weighted by molar-refractivity contribution is 5.93. The zero-order valence-corrected chi connectivity index (χ0v) is 12.0. The van der Waals surface area contributed by atoms with E-state index in [0.717, 1.165) is 0 Å². The second-order valence-electron chi connectivity index (χ2n) is 5.15. The molecule has 1 aromatic carbocycles. The maximum Gasteiger partial charge on any atom is 0.238 e. The van der Waals surface area contributed by atoms with Gasteiger partial charge in [0.15, 0.2) is 0 Å². The standard InChI is InChI=1S/C15H19N3O3/c1-11-7-18(8-13(10-19)21-11)9-15(20)17-14-5-3-2-4-12(14)6-16/h2-5,11,13,19H,7-10H2,1H3,(H,17,20). The Balaban J connectivity index is 1.94. The Bertz CT molecular complexity index is 541. The summed E-state index contributed by atoms with van der Waals surface area (Å²) in [4.78, 5) is 14.0. The van der Waals surface area contributed by atoms with Gasteiger partial charge >= 0.3 is 0 Å². The first-order valence-electron chi connectivity index (χ1n) is 6.90. The van der Waals surface area contributed by atoms with E-state index in [0.29, 0.717) is 24.3 Å². The summed E-state index contributed by atoms with van der Waals surface area (Å²) >= 11 is 0. The van der Waals surface area contributed by atoms with Crippen LogP contribution in [-0.4, -0.2) is 54.4 Å². The third-order valence-corrected chi connectivity index (χ3v) is 3.29. The fraction of sp³-hybridized carbons (Fsp3) is 0.467. The number of carbonyl (C=O) groups is 1. The second-order valence-corrected chi connectivity index (χ2v) is 5.15. The summed E-state index contributed by atoms with van der Waals surface area (Å²) in [5, 5.41) is 20.9. The average molecular weight is 289 g/mol. The van der Waals surface area contributed by atoms with Crippen molar-refractivity contribution < 1.29 is 14.6 Å². The van der Waals surface area contributed by atoms with E-state index in [1.54, 1.807) is 24.3 Å². The van der Waals surface area contributed by atoms with Crippen LogP contribution in [0.4, 0.5) is 5.69 Å². The number of amides is 1. The van der Waals surface area contributed by atoms with Gasteiger partial charge in [0, 0.05) is 13.1 Å². The van der Waals surface area contributed by atoms with Gasteiger partial charge in [0.25, 0.3) is 0 Å². The smallest absolute Gasteiger partial charge is 0.238 e. The molecule has 0 bridgehead atoms. The van der Waals surface area contributed by atoms with Crippen molar-refractivity contribution in [2.24, 2.45) is 0 Å². The van der Waals surface area contributed by atoms with Crippen LogP contribution in [0.1, 0.15) is 12.5 Å². The molecule has 1 amide bonds. The fourth-order valence-electron chi connectivity index (χ4n) is 2.45. The number of nitriles is 1. The zero-order valence-electron chi connectivity index (χ0n) is 12.0. The van der Waals surface area contributed by atoms with Gasteiger partial charge in [-0.2, -0.15) is 5.26 Å². The summed E-state index contributed by atoms with van der Waals surface area (Å²) in [6, 6.07) is 8.94. The molecule has 2 rings (SSSR count). The summed E-state index contributed by atoms with van der Waals surface area (Å²) < 4.78 is 5.54. The van der Waals surface area contributed by atoms with Crippen molar-refractivity contribution in [1.29, 1.82) is 5.26 Å². The molecule has 1 aliphatic rings. The van der Waals surface area contributed by atoms with Crippen LogP contribution in [0.3, 0.4) is 0 Å². The minimum absolute atomic E-state index is 0.0184. The summed E-state index contributed by atoms with van der Waals surface area (Å²) in [6.07, 6.45) is -0.275. The van der Waals surface area contributed by atoms with E-state index in [4.69, 9.17) is 10.00 Å². The Morgan fingerprint density at radius 1 is 1.52 bits per heavy atom. The summed E-state index contributed by atoms with van der Waals surface area (Å²) in [5.74, 6) is -0.177. The van der Waals surface area contributed by atoms with Crippen LogP contribution in [0, 0.1) is 11.3 Å². The normalized spacial score (nSPS) is 22.5. The van der Waals surface area contributed by atoms with Gasteiger partial charge < -0.3 is 15.2 Å². The average Bonchev–Trinajstić information content (AvgIpc) is 2.47. The summed E-state index contributed by atoms with van der Waals surface area (Å²) in [5.41, 5.74) is 0.958. The predicted octanol–water partition coefficient (Wildman–Crippen LogP) is 0.578. The van der Waals surface area contributed by atoms with Crippen LogP contribution < -0.4 is 5.32 Å². The van der Waals surface area contributed by atoms with Gasteiger partial charge in [0.1, 0.15) is 6.07 Å². The Morgan fingerprint density at radius 2 is 2.29 bits per heavy atom. The highest BCUT2D eigenvalue weighted by Gasteiger charge is 2.26. The third kappa shape index (κ3) is 4.26. The highest BCUT2D eigenvalue weighted by atomic mass is 16.5. The van der Waals surface area contributed by atoms with Crippen molar-refractivity contribution in [2.75, 3.05) is 31.6 Å². The first-order valence-corrected chi connectivity index (χ1v) is 6.90. The molecule has 21 heavy (non-hydrogen) atoms. The number of nitrogens with one attached hydrogen (secondary N) is 1. The lowest BCUT2D eigenvalue weighted by atomic mass is 10.2. The van der Waals surface area contributed by atoms with Crippen LogP contribution in [0.2, 0.25) is 0 Å². The number of rotatable bonds is 4. The Kier molecular flexibility index (Phi) is 5.28. The largest absolute Gasteiger partial charge is 0.394 e. The number of ether oxygens (including phenoxy) is 1. The molecule has 6 nitrogen and oxygen atoms in total. The molecule has 1 heterocycles. The quantitative estimate of drug-likeness (QED) is 0.847. The molecule has 2 N–H and O–H groups in total. The molecule has 1 fully saturated rings.